The Morgan fingerprint density at radius 3 is 2.69 bits per heavy atom. The summed E-state index contributed by atoms with van der Waals surface area (Å²) >= 11 is 0. The summed E-state index contributed by atoms with van der Waals surface area (Å²) in [6.07, 6.45) is 3.80. The first-order valence-corrected chi connectivity index (χ1v) is 6.09. The van der Waals surface area contributed by atoms with Gasteiger partial charge in [-0.2, -0.15) is 0 Å². The molecule has 0 spiro atoms. The fourth-order valence-electron chi connectivity index (χ4n) is 2.23. The van der Waals surface area contributed by atoms with Crippen molar-refractivity contribution in [3.63, 3.8) is 0 Å². The molecule has 0 heterocycles. The lowest BCUT2D eigenvalue weighted by atomic mass is 9.94. The van der Waals surface area contributed by atoms with Crippen LogP contribution in [0.2, 0.25) is 0 Å². The van der Waals surface area contributed by atoms with Gasteiger partial charge in [-0.05, 0) is 50.3 Å². The lowest BCUT2D eigenvalue weighted by Gasteiger charge is -2.29. The summed E-state index contributed by atoms with van der Waals surface area (Å²) in [5.74, 6) is 0.922. The topological polar surface area (TPSA) is 29.5 Å². The zero-order valence-corrected chi connectivity index (χ0v) is 10.1. The highest BCUT2D eigenvalue weighted by atomic mass is 16.5. The normalized spacial score (nSPS) is 25.4. The first-order valence-electron chi connectivity index (χ1n) is 6.09. The number of hydrogen-bond acceptors (Lipinski definition) is 2. The summed E-state index contributed by atoms with van der Waals surface area (Å²) in [6.45, 7) is 4.15. The van der Waals surface area contributed by atoms with Crippen molar-refractivity contribution in [3.05, 3.63) is 29.3 Å². The molecule has 2 atom stereocenters. The molecule has 2 rings (SSSR count). The van der Waals surface area contributed by atoms with Crippen molar-refractivity contribution in [2.75, 3.05) is 0 Å². The number of rotatable bonds is 2. The van der Waals surface area contributed by atoms with Crippen LogP contribution in [-0.2, 0) is 0 Å². The number of aryl methyl sites for hydroxylation is 1. The maximum atomic E-state index is 9.87. The third-order valence-corrected chi connectivity index (χ3v) is 3.50. The molecule has 88 valence electrons. The zero-order chi connectivity index (χ0) is 11.5. The van der Waals surface area contributed by atoms with Crippen LogP contribution in [0.5, 0.6) is 5.75 Å². The van der Waals surface area contributed by atoms with Crippen LogP contribution in [0.25, 0.3) is 0 Å². The molecule has 1 aromatic rings. The van der Waals surface area contributed by atoms with Crippen molar-refractivity contribution < 1.29 is 9.84 Å². The minimum Gasteiger partial charge on any atom is -0.487 e. The lowest BCUT2D eigenvalue weighted by molar-refractivity contribution is 0.00651. The Morgan fingerprint density at radius 2 is 1.94 bits per heavy atom. The summed E-state index contributed by atoms with van der Waals surface area (Å²) in [6, 6.07) is 6.08. The molecule has 1 fully saturated rings. The Hall–Kier alpha value is -1.02. The van der Waals surface area contributed by atoms with E-state index in [2.05, 4.69) is 19.9 Å². The third kappa shape index (κ3) is 2.38. The molecule has 0 bridgehead atoms. The third-order valence-electron chi connectivity index (χ3n) is 3.50. The molecule has 1 N–H and O–H groups in total. The molecule has 16 heavy (non-hydrogen) atoms. The standard InChI is InChI=1S/C14H20O2/c1-10-6-5-9-13(11(10)2)16-14-8-4-3-7-12(14)15/h5-6,9,12,14-15H,3-4,7-8H2,1-2H3/t12-,14-/m0/s1. The monoisotopic (exact) mass is 220 g/mol. The Kier molecular flexibility index (Phi) is 3.49. The molecule has 1 saturated carbocycles. The van der Waals surface area contributed by atoms with Crippen molar-refractivity contribution >= 4 is 0 Å². The Morgan fingerprint density at radius 1 is 1.19 bits per heavy atom. The van der Waals surface area contributed by atoms with Crippen molar-refractivity contribution in [1.29, 1.82) is 0 Å². The van der Waals surface area contributed by atoms with Crippen LogP contribution >= 0.6 is 0 Å². The van der Waals surface area contributed by atoms with E-state index in [1.807, 2.05) is 12.1 Å². The summed E-state index contributed by atoms with van der Waals surface area (Å²) < 4.78 is 5.93. The van der Waals surface area contributed by atoms with Crippen molar-refractivity contribution in [2.45, 2.75) is 51.7 Å². The maximum Gasteiger partial charge on any atom is 0.124 e. The number of aliphatic hydroxyl groups is 1. The molecular weight excluding hydrogens is 200 g/mol. The zero-order valence-electron chi connectivity index (χ0n) is 10.1. The highest BCUT2D eigenvalue weighted by Gasteiger charge is 2.25. The van der Waals surface area contributed by atoms with E-state index in [1.165, 1.54) is 11.1 Å². The van der Waals surface area contributed by atoms with Gasteiger partial charge in [0, 0.05) is 0 Å². The minimum absolute atomic E-state index is 0.0192. The van der Waals surface area contributed by atoms with Gasteiger partial charge in [0.15, 0.2) is 0 Å². The van der Waals surface area contributed by atoms with Gasteiger partial charge in [-0.3, -0.25) is 0 Å². The largest absolute Gasteiger partial charge is 0.487 e. The summed E-state index contributed by atoms with van der Waals surface area (Å²) in [4.78, 5) is 0. The van der Waals surface area contributed by atoms with Crippen LogP contribution < -0.4 is 4.74 Å². The van der Waals surface area contributed by atoms with Gasteiger partial charge in [-0.15, -0.1) is 0 Å². The van der Waals surface area contributed by atoms with Gasteiger partial charge in [0.05, 0.1) is 6.10 Å². The smallest absolute Gasteiger partial charge is 0.124 e. The first-order chi connectivity index (χ1) is 7.68. The van der Waals surface area contributed by atoms with Crippen molar-refractivity contribution in [3.8, 4) is 5.75 Å². The lowest BCUT2D eigenvalue weighted by Crippen LogP contribution is -2.34. The van der Waals surface area contributed by atoms with Gasteiger partial charge in [0.2, 0.25) is 0 Å². The molecule has 0 saturated heterocycles. The van der Waals surface area contributed by atoms with Crippen molar-refractivity contribution in [1.82, 2.24) is 0 Å². The van der Waals surface area contributed by atoms with E-state index in [0.29, 0.717) is 0 Å². The maximum absolute atomic E-state index is 9.87. The minimum atomic E-state index is -0.298. The van der Waals surface area contributed by atoms with Crippen LogP contribution in [-0.4, -0.2) is 17.3 Å². The Labute approximate surface area is 97.3 Å². The average molecular weight is 220 g/mol. The fourth-order valence-corrected chi connectivity index (χ4v) is 2.23. The molecular formula is C14H20O2. The molecule has 1 aliphatic rings. The second-order valence-electron chi connectivity index (χ2n) is 4.71. The second kappa shape index (κ2) is 4.88. The van der Waals surface area contributed by atoms with Crippen LogP contribution in [0.3, 0.4) is 0 Å². The van der Waals surface area contributed by atoms with Gasteiger partial charge >= 0.3 is 0 Å². The number of benzene rings is 1. The molecule has 0 unspecified atom stereocenters. The number of hydrogen-bond donors (Lipinski definition) is 1. The predicted octanol–water partition coefficient (Wildman–Crippen LogP) is 2.99. The summed E-state index contributed by atoms with van der Waals surface area (Å²) in [5, 5.41) is 9.87. The first kappa shape index (κ1) is 11.5. The van der Waals surface area contributed by atoms with Gasteiger partial charge < -0.3 is 9.84 Å². The molecule has 2 nitrogen and oxygen atoms in total. The number of aliphatic hydroxyl groups excluding tert-OH is 1. The second-order valence-corrected chi connectivity index (χ2v) is 4.71. The van der Waals surface area contributed by atoms with Gasteiger partial charge in [-0.1, -0.05) is 18.6 Å². The van der Waals surface area contributed by atoms with Gasteiger partial charge in [0.25, 0.3) is 0 Å². The van der Waals surface area contributed by atoms with E-state index in [4.69, 9.17) is 4.74 Å². The Bertz CT molecular complexity index is 360. The molecule has 0 radical (unpaired) electrons. The van der Waals surface area contributed by atoms with E-state index in [1.54, 1.807) is 0 Å². The highest BCUT2D eigenvalue weighted by molar-refractivity contribution is 5.38. The van der Waals surface area contributed by atoms with Crippen LogP contribution in [0.15, 0.2) is 18.2 Å². The average Bonchev–Trinajstić information content (AvgIpc) is 2.28. The van der Waals surface area contributed by atoms with E-state index < -0.39 is 0 Å². The van der Waals surface area contributed by atoms with Gasteiger partial charge in [-0.25, -0.2) is 0 Å². The number of ether oxygens (including phenoxy) is 1. The molecule has 1 aromatic carbocycles. The summed E-state index contributed by atoms with van der Waals surface area (Å²) in [5.41, 5.74) is 2.42. The van der Waals surface area contributed by atoms with Crippen molar-refractivity contribution in [2.24, 2.45) is 0 Å². The molecule has 0 aromatic heterocycles. The van der Waals surface area contributed by atoms with E-state index in [9.17, 15) is 5.11 Å². The quantitative estimate of drug-likeness (QED) is 0.830. The molecule has 2 heteroatoms. The molecule has 1 aliphatic carbocycles. The SMILES string of the molecule is Cc1cccc(O[C@H]2CCCC[C@@H]2O)c1C. The van der Waals surface area contributed by atoms with E-state index in [-0.39, 0.29) is 12.2 Å². The fraction of sp³-hybridized carbons (Fsp3) is 0.571. The molecule has 0 amide bonds. The molecule has 0 aliphatic heterocycles. The van der Waals surface area contributed by atoms with E-state index >= 15 is 0 Å². The van der Waals surface area contributed by atoms with Crippen LogP contribution in [0, 0.1) is 13.8 Å². The van der Waals surface area contributed by atoms with E-state index in [0.717, 1.165) is 31.4 Å². The van der Waals surface area contributed by atoms with Crippen LogP contribution in [0.4, 0.5) is 0 Å². The summed E-state index contributed by atoms with van der Waals surface area (Å²) in [7, 11) is 0. The Balaban J connectivity index is 2.10. The predicted molar refractivity (Wildman–Crippen MR) is 64.8 cm³/mol. The van der Waals surface area contributed by atoms with Gasteiger partial charge in [0.1, 0.15) is 11.9 Å². The van der Waals surface area contributed by atoms with Crippen LogP contribution in [0.1, 0.15) is 36.8 Å². The highest BCUT2D eigenvalue weighted by Crippen LogP contribution is 2.27.